The van der Waals surface area contributed by atoms with Crippen LogP contribution >= 0.6 is 15.9 Å². The van der Waals surface area contributed by atoms with Gasteiger partial charge in [-0.2, -0.15) is 0 Å². The third-order valence-corrected chi connectivity index (χ3v) is 2.55. The fourth-order valence-electron chi connectivity index (χ4n) is 1.25. The Hall–Kier alpha value is -1.49. The molecule has 5 heteroatoms. The number of rotatable bonds is 3. The minimum Gasteiger partial charge on any atom is -0.378 e. The van der Waals surface area contributed by atoms with E-state index in [4.69, 9.17) is 0 Å². The number of anilines is 1. The standard InChI is InChI=1S/C11H9BrFN3/c12-9-2-1-8(11(13)3-9)4-16-10-5-14-7-15-6-10/h1-3,5-7,16H,4H2. The van der Waals surface area contributed by atoms with E-state index in [1.165, 1.54) is 12.4 Å². The monoisotopic (exact) mass is 281 g/mol. The molecule has 0 radical (unpaired) electrons. The summed E-state index contributed by atoms with van der Waals surface area (Å²) >= 11 is 3.21. The maximum absolute atomic E-state index is 13.5. The first-order chi connectivity index (χ1) is 7.75. The number of nitrogens with zero attached hydrogens (tertiary/aromatic N) is 2. The van der Waals surface area contributed by atoms with Crippen molar-refractivity contribution in [3.05, 3.63) is 52.8 Å². The Morgan fingerprint density at radius 2 is 2.00 bits per heavy atom. The van der Waals surface area contributed by atoms with Gasteiger partial charge in [-0.15, -0.1) is 0 Å². The second-order valence-electron chi connectivity index (χ2n) is 3.22. The molecule has 82 valence electrons. The van der Waals surface area contributed by atoms with Crippen LogP contribution in [0.4, 0.5) is 10.1 Å². The quantitative estimate of drug-likeness (QED) is 0.940. The van der Waals surface area contributed by atoms with Crippen molar-refractivity contribution in [3.63, 3.8) is 0 Å². The average Bonchev–Trinajstić information content (AvgIpc) is 2.29. The molecule has 0 amide bonds. The van der Waals surface area contributed by atoms with Gasteiger partial charge in [0.25, 0.3) is 0 Å². The molecule has 0 saturated carbocycles. The van der Waals surface area contributed by atoms with Gasteiger partial charge in [0.2, 0.25) is 0 Å². The lowest BCUT2D eigenvalue weighted by Crippen LogP contribution is -2.02. The molecular formula is C11H9BrFN3. The predicted octanol–water partition coefficient (Wildman–Crippen LogP) is 2.99. The van der Waals surface area contributed by atoms with Crippen LogP contribution in [0.3, 0.4) is 0 Å². The van der Waals surface area contributed by atoms with Crippen LogP contribution in [-0.2, 0) is 6.54 Å². The highest BCUT2D eigenvalue weighted by molar-refractivity contribution is 9.10. The van der Waals surface area contributed by atoms with Crippen molar-refractivity contribution in [2.45, 2.75) is 6.54 Å². The van der Waals surface area contributed by atoms with Crippen LogP contribution in [0.5, 0.6) is 0 Å². The van der Waals surface area contributed by atoms with E-state index >= 15 is 0 Å². The first-order valence-electron chi connectivity index (χ1n) is 4.68. The molecule has 3 nitrogen and oxygen atoms in total. The molecule has 1 aromatic heterocycles. The van der Waals surface area contributed by atoms with E-state index < -0.39 is 0 Å². The third kappa shape index (κ3) is 2.76. The summed E-state index contributed by atoms with van der Waals surface area (Å²) in [7, 11) is 0. The van der Waals surface area contributed by atoms with Crippen molar-refractivity contribution in [1.82, 2.24) is 9.97 Å². The van der Waals surface area contributed by atoms with Crippen molar-refractivity contribution in [2.24, 2.45) is 0 Å². The summed E-state index contributed by atoms with van der Waals surface area (Å²) in [4.78, 5) is 7.72. The van der Waals surface area contributed by atoms with Gasteiger partial charge in [0.1, 0.15) is 12.1 Å². The Balaban J connectivity index is 2.05. The SMILES string of the molecule is Fc1cc(Br)ccc1CNc1cncnc1. The Bertz CT molecular complexity index is 476. The van der Waals surface area contributed by atoms with Crippen LogP contribution in [0.15, 0.2) is 41.4 Å². The summed E-state index contributed by atoms with van der Waals surface area (Å²) in [6.07, 6.45) is 4.74. The van der Waals surface area contributed by atoms with Crippen molar-refractivity contribution in [2.75, 3.05) is 5.32 Å². The predicted molar refractivity (Wildman–Crippen MR) is 63.5 cm³/mol. The molecule has 2 aromatic rings. The van der Waals surface area contributed by atoms with Crippen LogP contribution in [0.1, 0.15) is 5.56 Å². The Kier molecular flexibility index (Phi) is 3.46. The smallest absolute Gasteiger partial charge is 0.129 e. The molecule has 0 aliphatic heterocycles. The van der Waals surface area contributed by atoms with Crippen molar-refractivity contribution < 1.29 is 4.39 Å². The Labute approximate surface area is 101 Å². The minimum atomic E-state index is -0.237. The number of hydrogen-bond donors (Lipinski definition) is 1. The Morgan fingerprint density at radius 3 is 2.69 bits per heavy atom. The van der Waals surface area contributed by atoms with E-state index in [0.717, 1.165) is 10.2 Å². The number of aromatic nitrogens is 2. The normalized spacial score (nSPS) is 10.1. The zero-order valence-electron chi connectivity index (χ0n) is 8.32. The van der Waals surface area contributed by atoms with Gasteiger partial charge in [0.15, 0.2) is 0 Å². The first kappa shape index (κ1) is 11.0. The van der Waals surface area contributed by atoms with Gasteiger partial charge in [-0.3, -0.25) is 0 Å². The molecule has 0 aliphatic rings. The van der Waals surface area contributed by atoms with E-state index in [9.17, 15) is 4.39 Å². The zero-order chi connectivity index (χ0) is 11.4. The number of halogens is 2. The topological polar surface area (TPSA) is 37.8 Å². The molecule has 2 rings (SSSR count). The van der Waals surface area contributed by atoms with Gasteiger partial charge in [0, 0.05) is 16.6 Å². The minimum absolute atomic E-state index is 0.237. The fraction of sp³-hybridized carbons (Fsp3) is 0.0909. The van der Waals surface area contributed by atoms with Crippen molar-refractivity contribution in [1.29, 1.82) is 0 Å². The zero-order valence-corrected chi connectivity index (χ0v) is 9.91. The molecular weight excluding hydrogens is 273 g/mol. The second kappa shape index (κ2) is 5.03. The van der Waals surface area contributed by atoms with Gasteiger partial charge in [-0.05, 0) is 12.1 Å². The highest BCUT2D eigenvalue weighted by atomic mass is 79.9. The maximum atomic E-state index is 13.5. The summed E-state index contributed by atoms with van der Waals surface area (Å²) in [6, 6.07) is 4.98. The van der Waals surface area contributed by atoms with Crippen LogP contribution in [0.2, 0.25) is 0 Å². The average molecular weight is 282 g/mol. The molecule has 0 unspecified atom stereocenters. The summed E-state index contributed by atoms with van der Waals surface area (Å²) in [6.45, 7) is 0.409. The van der Waals surface area contributed by atoms with Crippen LogP contribution in [-0.4, -0.2) is 9.97 Å². The van der Waals surface area contributed by atoms with Crippen molar-refractivity contribution in [3.8, 4) is 0 Å². The molecule has 1 N–H and O–H groups in total. The lowest BCUT2D eigenvalue weighted by atomic mass is 10.2. The number of nitrogens with one attached hydrogen (secondary N) is 1. The Morgan fingerprint density at radius 1 is 1.25 bits per heavy atom. The highest BCUT2D eigenvalue weighted by Gasteiger charge is 2.02. The van der Waals surface area contributed by atoms with Gasteiger partial charge < -0.3 is 5.32 Å². The molecule has 1 heterocycles. The molecule has 0 saturated heterocycles. The third-order valence-electron chi connectivity index (χ3n) is 2.06. The molecule has 0 spiro atoms. The lowest BCUT2D eigenvalue weighted by molar-refractivity contribution is 0.612. The summed E-state index contributed by atoms with van der Waals surface area (Å²) in [5, 5.41) is 3.04. The van der Waals surface area contributed by atoms with E-state index in [1.807, 2.05) is 6.07 Å². The second-order valence-corrected chi connectivity index (χ2v) is 4.13. The van der Waals surface area contributed by atoms with Gasteiger partial charge in [-0.25, -0.2) is 14.4 Å². The van der Waals surface area contributed by atoms with Gasteiger partial charge in [0.05, 0.1) is 18.1 Å². The van der Waals surface area contributed by atoms with E-state index in [-0.39, 0.29) is 5.82 Å². The van der Waals surface area contributed by atoms with Gasteiger partial charge in [-0.1, -0.05) is 22.0 Å². The summed E-state index contributed by atoms with van der Waals surface area (Å²) in [5.41, 5.74) is 1.37. The van der Waals surface area contributed by atoms with E-state index in [2.05, 4.69) is 31.2 Å². The van der Waals surface area contributed by atoms with Gasteiger partial charge >= 0.3 is 0 Å². The molecule has 0 atom stereocenters. The van der Waals surface area contributed by atoms with Crippen LogP contribution in [0.25, 0.3) is 0 Å². The molecule has 0 aliphatic carbocycles. The maximum Gasteiger partial charge on any atom is 0.129 e. The fourth-order valence-corrected chi connectivity index (χ4v) is 1.59. The van der Waals surface area contributed by atoms with Crippen LogP contribution < -0.4 is 5.32 Å². The summed E-state index contributed by atoms with van der Waals surface area (Å²) < 4.78 is 14.2. The molecule has 1 aromatic carbocycles. The van der Waals surface area contributed by atoms with Crippen molar-refractivity contribution >= 4 is 21.6 Å². The summed E-state index contributed by atoms with van der Waals surface area (Å²) in [5.74, 6) is -0.237. The molecule has 0 fully saturated rings. The number of hydrogen-bond acceptors (Lipinski definition) is 3. The van der Waals surface area contributed by atoms with E-state index in [0.29, 0.717) is 12.1 Å². The largest absolute Gasteiger partial charge is 0.378 e. The van der Waals surface area contributed by atoms with E-state index in [1.54, 1.807) is 18.5 Å². The number of benzene rings is 1. The molecule has 0 bridgehead atoms. The lowest BCUT2D eigenvalue weighted by Gasteiger charge is -2.06. The highest BCUT2D eigenvalue weighted by Crippen LogP contribution is 2.16. The molecule has 16 heavy (non-hydrogen) atoms. The first-order valence-corrected chi connectivity index (χ1v) is 5.48. The van der Waals surface area contributed by atoms with Crippen LogP contribution in [0, 0.1) is 5.82 Å².